The monoisotopic (exact) mass is 379 g/mol. The van der Waals surface area contributed by atoms with Crippen molar-refractivity contribution in [3.8, 4) is 0 Å². The van der Waals surface area contributed by atoms with Gasteiger partial charge in [-0.2, -0.15) is 0 Å². The first-order chi connectivity index (χ1) is 11.5. The molecule has 0 N–H and O–H groups in total. The van der Waals surface area contributed by atoms with E-state index >= 15 is 0 Å². The van der Waals surface area contributed by atoms with E-state index in [1.807, 2.05) is 43.9 Å². The molecule has 0 aliphatic rings. The van der Waals surface area contributed by atoms with Gasteiger partial charge in [0, 0.05) is 22.9 Å². The zero-order valence-corrected chi connectivity index (χ0v) is 18.8. The summed E-state index contributed by atoms with van der Waals surface area (Å²) in [6.45, 7) is 18.3. The lowest BCUT2D eigenvalue weighted by atomic mass is 10.2. The van der Waals surface area contributed by atoms with Crippen LogP contribution in [0, 0.1) is 0 Å². The number of rotatable bonds is 7. The molecule has 140 valence electrons. The minimum absolute atomic E-state index is 0.00393. The Bertz CT molecular complexity index is 602. The summed E-state index contributed by atoms with van der Waals surface area (Å²) in [7, 11) is -2.10. The van der Waals surface area contributed by atoms with Crippen molar-refractivity contribution in [2.24, 2.45) is 0 Å². The van der Waals surface area contributed by atoms with Gasteiger partial charge in [0.05, 0.1) is 0 Å². The standard InChI is InChI=1S/C20H33NO2SSi/c1-9-21(10-2)19(22)18(23-25(7,8)20(4,5)6)16(3)24-17-14-12-11-13-15-17/h11-15H,9-10H2,1-8H3. The molecule has 3 nitrogen and oxygen atoms in total. The quantitative estimate of drug-likeness (QED) is 0.256. The molecule has 0 aliphatic carbocycles. The van der Waals surface area contributed by atoms with Crippen LogP contribution >= 0.6 is 11.8 Å². The van der Waals surface area contributed by atoms with Gasteiger partial charge >= 0.3 is 0 Å². The van der Waals surface area contributed by atoms with E-state index in [0.717, 1.165) is 9.80 Å². The Morgan fingerprint density at radius 2 is 1.64 bits per heavy atom. The summed E-state index contributed by atoms with van der Waals surface area (Å²) in [6, 6.07) is 10.1. The molecule has 0 radical (unpaired) electrons. The van der Waals surface area contributed by atoms with Crippen molar-refractivity contribution >= 4 is 26.0 Å². The number of hydrogen-bond donors (Lipinski definition) is 0. The van der Waals surface area contributed by atoms with Gasteiger partial charge in [-0.15, -0.1) is 0 Å². The lowest BCUT2D eigenvalue weighted by molar-refractivity contribution is -0.129. The van der Waals surface area contributed by atoms with Gasteiger partial charge in [0.25, 0.3) is 14.2 Å². The van der Waals surface area contributed by atoms with Crippen LogP contribution in [0.25, 0.3) is 0 Å². The highest BCUT2D eigenvalue weighted by atomic mass is 32.2. The average Bonchev–Trinajstić information content (AvgIpc) is 2.53. The van der Waals surface area contributed by atoms with Crippen molar-refractivity contribution in [2.45, 2.75) is 64.6 Å². The summed E-state index contributed by atoms with van der Waals surface area (Å²) in [5.74, 6) is 0.514. The topological polar surface area (TPSA) is 29.5 Å². The zero-order valence-electron chi connectivity index (χ0n) is 17.0. The predicted molar refractivity (Wildman–Crippen MR) is 111 cm³/mol. The number of likely N-dealkylation sites (N-methyl/N-ethyl adjacent to an activating group) is 1. The van der Waals surface area contributed by atoms with E-state index in [9.17, 15) is 4.79 Å². The van der Waals surface area contributed by atoms with Crippen molar-refractivity contribution < 1.29 is 9.22 Å². The van der Waals surface area contributed by atoms with E-state index in [1.54, 1.807) is 11.8 Å². The number of benzene rings is 1. The van der Waals surface area contributed by atoms with E-state index in [-0.39, 0.29) is 10.9 Å². The molecule has 0 unspecified atom stereocenters. The van der Waals surface area contributed by atoms with Crippen LogP contribution in [0.2, 0.25) is 18.1 Å². The SMILES string of the molecule is CCN(CC)C(=O)C(O[Si](C)(C)C(C)(C)C)=C(C)Sc1ccccc1. The summed E-state index contributed by atoms with van der Waals surface area (Å²) in [5, 5.41) is 0.0412. The molecule has 1 rings (SSSR count). The summed E-state index contributed by atoms with van der Waals surface area (Å²) < 4.78 is 6.49. The third kappa shape index (κ3) is 5.92. The van der Waals surface area contributed by atoms with Crippen LogP contribution in [0.1, 0.15) is 41.5 Å². The third-order valence-corrected chi connectivity index (χ3v) is 10.1. The van der Waals surface area contributed by atoms with Crippen molar-refractivity contribution in [2.75, 3.05) is 13.1 Å². The molecule has 0 bridgehead atoms. The number of carbonyl (C=O) groups is 1. The highest BCUT2D eigenvalue weighted by molar-refractivity contribution is 8.03. The fourth-order valence-electron chi connectivity index (χ4n) is 2.04. The highest BCUT2D eigenvalue weighted by Gasteiger charge is 2.41. The van der Waals surface area contributed by atoms with Crippen LogP contribution in [0.3, 0.4) is 0 Å². The van der Waals surface area contributed by atoms with Crippen molar-refractivity contribution in [1.29, 1.82) is 0 Å². The Kier molecular flexibility index (Phi) is 7.81. The Hall–Kier alpha value is -1.20. The fraction of sp³-hybridized carbons (Fsp3) is 0.550. The van der Waals surface area contributed by atoms with Crippen LogP contribution in [-0.2, 0) is 9.22 Å². The van der Waals surface area contributed by atoms with Crippen molar-refractivity contribution in [1.82, 2.24) is 4.90 Å². The van der Waals surface area contributed by atoms with Gasteiger partial charge in [0.1, 0.15) is 0 Å². The number of hydrogen-bond acceptors (Lipinski definition) is 3. The molecule has 0 aromatic heterocycles. The van der Waals surface area contributed by atoms with E-state index in [0.29, 0.717) is 18.8 Å². The number of amides is 1. The molecule has 1 amide bonds. The molecule has 1 aromatic carbocycles. The minimum atomic E-state index is -2.10. The molecule has 0 fully saturated rings. The molecular weight excluding hydrogens is 346 g/mol. The Labute approximate surface area is 159 Å². The van der Waals surface area contributed by atoms with E-state index < -0.39 is 8.32 Å². The lowest BCUT2D eigenvalue weighted by Gasteiger charge is -2.38. The van der Waals surface area contributed by atoms with Gasteiger partial charge in [-0.1, -0.05) is 50.7 Å². The molecule has 0 saturated carbocycles. The first-order valence-electron chi connectivity index (χ1n) is 8.95. The highest BCUT2D eigenvalue weighted by Crippen LogP contribution is 2.40. The first kappa shape index (κ1) is 21.8. The molecule has 5 heteroatoms. The summed E-state index contributed by atoms with van der Waals surface area (Å²) in [4.78, 5) is 17.0. The smallest absolute Gasteiger partial charge is 0.288 e. The largest absolute Gasteiger partial charge is 0.539 e. The average molecular weight is 380 g/mol. The van der Waals surface area contributed by atoms with Crippen molar-refractivity contribution in [3.05, 3.63) is 41.0 Å². The van der Waals surface area contributed by atoms with Crippen LogP contribution < -0.4 is 0 Å². The van der Waals surface area contributed by atoms with E-state index in [1.165, 1.54) is 0 Å². The van der Waals surface area contributed by atoms with Crippen LogP contribution in [0.5, 0.6) is 0 Å². The van der Waals surface area contributed by atoms with Crippen LogP contribution in [-0.4, -0.2) is 32.2 Å². The second kappa shape index (κ2) is 8.95. The minimum Gasteiger partial charge on any atom is -0.539 e. The third-order valence-electron chi connectivity index (χ3n) is 4.74. The normalized spacial score (nSPS) is 13.3. The van der Waals surface area contributed by atoms with E-state index in [4.69, 9.17) is 4.43 Å². The summed E-state index contributed by atoms with van der Waals surface area (Å²) >= 11 is 1.60. The molecule has 0 heterocycles. The molecule has 0 saturated heterocycles. The van der Waals surface area contributed by atoms with Gasteiger partial charge in [-0.05, 0) is 51.0 Å². The van der Waals surface area contributed by atoms with Gasteiger partial charge in [-0.3, -0.25) is 4.79 Å². The van der Waals surface area contributed by atoms with Crippen LogP contribution in [0.15, 0.2) is 45.9 Å². The molecule has 0 spiro atoms. The fourth-order valence-corrected chi connectivity index (χ4v) is 4.04. The Balaban J connectivity index is 3.26. The number of allylic oxidation sites excluding steroid dienone is 1. The maximum absolute atomic E-state index is 13.1. The van der Waals surface area contributed by atoms with Gasteiger partial charge in [0.15, 0.2) is 5.76 Å². The summed E-state index contributed by atoms with van der Waals surface area (Å²) in [6.07, 6.45) is 0. The van der Waals surface area contributed by atoms with Crippen LogP contribution in [0.4, 0.5) is 0 Å². The molecular formula is C20H33NO2SSi. The Morgan fingerprint density at radius 1 is 1.12 bits per heavy atom. The molecule has 0 aliphatic heterocycles. The van der Waals surface area contributed by atoms with Gasteiger partial charge < -0.3 is 9.33 Å². The number of carbonyl (C=O) groups excluding carboxylic acids is 1. The van der Waals surface area contributed by atoms with Crippen molar-refractivity contribution in [3.63, 3.8) is 0 Å². The van der Waals surface area contributed by atoms with Gasteiger partial charge in [-0.25, -0.2) is 0 Å². The first-order valence-corrected chi connectivity index (χ1v) is 12.7. The molecule has 0 atom stereocenters. The maximum Gasteiger partial charge on any atom is 0.288 e. The molecule has 1 aromatic rings. The zero-order chi connectivity index (χ0) is 19.3. The number of nitrogens with zero attached hydrogens (tertiary/aromatic N) is 1. The second-order valence-corrected chi connectivity index (χ2v) is 13.7. The second-order valence-electron chi connectivity index (χ2n) is 7.64. The summed E-state index contributed by atoms with van der Waals surface area (Å²) in [5.41, 5.74) is 0. The lowest BCUT2D eigenvalue weighted by Crippen LogP contribution is -2.43. The van der Waals surface area contributed by atoms with E-state index in [2.05, 4.69) is 46.0 Å². The van der Waals surface area contributed by atoms with Gasteiger partial charge in [0.2, 0.25) is 0 Å². The maximum atomic E-state index is 13.1. The number of thioether (sulfide) groups is 1. The predicted octanol–water partition coefficient (Wildman–Crippen LogP) is 5.90. The Morgan fingerprint density at radius 3 is 2.08 bits per heavy atom. The molecule has 25 heavy (non-hydrogen) atoms.